The van der Waals surface area contributed by atoms with Gasteiger partial charge >= 0.3 is 0 Å². The van der Waals surface area contributed by atoms with Crippen molar-refractivity contribution in [3.63, 3.8) is 0 Å². The zero-order chi connectivity index (χ0) is 16.4. The number of rotatable bonds is 5. The Hall–Kier alpha value is -1.90. The summed E-state index contributed by atoms with van der Waals surface area (Å²) in [7, 11) is -2.12. The van der Waals surface area contributed by atoms with Crippen LogP contribution in [0.5, 0.6) is 0 Å². The second kappa shape index (κ2) is 6.31. The first-order valence-electron chi connectivity index (χ1n) is 7.00. The van der Waals surface area contributed by atoms with E-state index in [1.165, 1.54) is 7.11 Å². The van der Waals surface area contributed by atoms with Gasteiger partial charge < -0.3 is 9.64 Å². The molecule has 1 aromatic carbocycles. The first kappa shape index (κ1) is 16.0. The predicted octanol–water partition coefficient (Wildman–Crippen LogP) is 2.08. The number of ether oxygens (including phenoxy) is 1. The Morgan fingerprint density at radius 3 is 2.91 bits per heavy atom. The van der Waals surface area contributed by atoms with Crippen LogP contribution in [0.4, 0.5) is 11.4 Å². The molecule has 2 aromatic rings. The van der Waals surface area contributed by atoms with Gasteiger partial charge in [0.1, 0.15) is 10.8 Å². The minimum atomic E-state index is -3.59. The van der Waals surface area contributed by atoms with Crippen LogP contribution >= 0.6 is 11.3 Å². The van der Waals surface area contributed by atoms with E-state index in [9.17, 15) is 13.2 Å². The van der Waals surface area contributed by atoms with Crippen LogP contribution in [0.2, 0.25) is 0 Å². The minimum Gasteiger partial charge on any atom is -0.375 e. The van der Waals surface area contributed by atoms with Crippen LogP contribution in [0, 0.1) is 0 Å². The molecule has 0 fully saturated rings. The van der Waals surface area contributed by atoms with Gasteiger partial charge in [-0.2, -0.15) is 0 Å². The molecule has 0 spiro atoms. The van der Waals surface area contributed by atoms with Gasteiger partial charge in [0.15, 0.2) is 0 Å². The van der Waals surface area contributed by atoms with E-state index in [2.05, 4.69) is 4.72 Å². The number of anilines is 2. The van der Waals surface area contributed by atoms with Gasteiger partial charge in [-0.1, -0.05) is 12.1 Å². The zero-order valence-corrected chi connectivity index (χ0v) is 14.1. The lowest BCUT2D eigenvalue weighted by atomic mass is 10.1. The molecule has 1 N–H and O–H groups in total. The van der Waals surface area contributed by atoms with Crippen molar-refractivity contribution >= 4 is 38.6 Å². The number of nitrogens with zero attached hydrogens (tertiary/aromatic N) is 1. The number of nitrogens with one attached hydrogen (secondary N) is 1. The van der Waals surface area contributed by atoms with Crippen molar-refractivity contribution in [2.45, 2.75) is 10.6 Å². The fourth-order valence-corrected chi connectivity index (χ4v) is 4.57. The summed E-state index contributed by atoms with van der Waals surface area (Å²) in [6, 6.07) is 8.50. The number of sulfonamides is 1. The van der Waals surface area contributed by atoms with E-state index >= 15 is 0 Å². The molecule has 1 aromatic heterocycles. The van der Waals surface area contributed by atoms with Crippen molar-refractivity contribution < 1.29 is 17.9 Å². The normalized spacial score (nSPS) is 13.9. The highest BCUT2D eigenvalue weighted by Crippen LogP contribution is 2.32. The number of hydrogen-bond acceptors (Lipinski definition) is 5. The maximum atomic E-state index is 12.3. The number of hydrogen-bond donors (Lipinski definition) is 1. The molecule has 8 heteroatoms. The molecule has 122 valence electrons. The summed E-state index contributed by atoms with van der Waals surface area (Å²) in [5.74, 6) is -0.135. The summed E-state index contributed by atoms with van der Waals surface area (Å²) >= 11 is 1.16. The number of carbonyl (C=O) groups excluding carboxylic acids is 1. The molecule has 1 amide bonds. The monoisotopic (exact) mass is 352 g/mol. The van der Waals surface area contributed by atoms with Crippen LogP contribution in [-0.4, -0.2) is 34.6 Å². The highest BCUT2D eigenvalue weighted by molar-refractivity contribution is 7.94. The van der Waals surface area contributed by atoms with Gasteiger partial charge in [-0.05, 0) is 35.6 Å². The van der Waals surface area contributed by atoms with Crippen molar-refractivity contribution in [1.82, 2.24) is 0 Å². The molecule has 0 saturated heterocycles. The van der Waals surface area contributed by atoms with Crippen molar-refractivity contribution in [2.75, 3.05) is 29.9 Å². The Balaban J connectivity index is 1.87. The third-order valence-electron chi connectivity index (χ3n) is 3.56. The van der Waals surface area contributed by atoms with Crippen LogP contribution < -0.4 is 9.62 Å². The molecule has 0 saturated carbocycles. The largest absolute Gasteiger partial charge is 0.375 e. The lowest BCUT2D eigenvalue weighted by Gasteiger charge is -2.17. The number of benzene rings is 1. The molecule has 2 heterocycles. The Bertz CT molecular complexity index is 816. The van der Waals surface area contributed by atoms with Crippen molar-refractivity contribution in [1.29, 1.82) is 0 Å². The summed E-state index contributed by atoms with van der Waals surface area (Å²) in [6.07, 6.45) is 0.753. The van der Waals surface area contributed by atoms with Gasteiger partial charge in [0.2, 0.25) is 0 Å². The lowest BCUT2D eigenvalue weighted by molar-refractivity contribution is -0.122. The van der Waals surface area contributed by atoms with Gasteiger partial charge in [0, 0.05) is 19.3 Å². The Kier molecular flexibility index (Phi) is 4.38. The maximum absolute atomic E-state index is 12.3. The fraction of sp³-hybridized carbons (Fsp3) is 0.267. The van der Waals surface area contributed by atoms with Gasteiger partial charge in [0.05, 0.1) is 5.69 Å². The highest BCUT2D eigenvalue weighted by Gasteiger charge is 2.25. The Labute approximate surface area is 138 Å². The molecule has 1 aliphatic rings. The number of carbonyl (C=O) groups is 1. The molecule has 1 aliphatic heterocycles. The third kappa shape index (κ3) is 3.24. The summed E-state index contributed by atoms with van der Waals surface area (Å²) in [6.45, 7) is 0.587. The average molecular weight is 352 g/mol. The molecule has 0 atom stereocenters. The molecule has 0 aliphatic carbocycles. The molecule has 0 bridgehead atoms. The van der Waals surface area contributed by atoms with E-state index in [0.29, 0.717) is 12.2 Å². The number of thiophene rings is 1. The molecular formula is C15H16N2O4S2. The van der Waals surface area contributed by atoms with Crippen molar-refractivity contribution in [3.8, 4) is 0 Å². The van der Waals surface area contributed by atoms with Crippen LogP contribution in [0.1, 0.15) is 5.56 Å². The van der Waals surface area contributed by atoms with E-state index in [1.54, 1.807) is 34.5 Å². The standard InChI is InChI=1S/C15H16N2O4S2/c1-21-10-14(18)17-7-6-11-4-5-12(9-13(11)17)16-23(19,20)15-3-2-8-22-15/h2-5,8-9,16H,6-7,10H2,1H3. The van der Waals surface area contributed by atoms with E-state index in [-0.39, 0.29) is 16.7 Å². The lowest BCUT2D eigenvalue weighted by Crippen LogP contribution is -2.32. The third-order valence-corrected chi connectivity index (χ3v) is 6.34. The first-order valence-corrected chi connectivity index (χ1v) is 9.36. The molecular weight excluding hydrogens is 336 g/mol. The van der Waals surface area contributed by atoms with Gasteiger partial charge in [-0.3, -0.25) is 9.52 Å². The van der Waals surface area contributed by atoms with Gasteiger partial charge in [-0.15, -0.1) is 11.3 Å². The number of amides is 1. The van der Waals surface area contributed by atoms with E-state index in [4.69, 9.17) is 4.74 Å². The zero-order valence-electron chi connectivity index (χ0n) is 12.5. The fourth-order valence-electron chi connectivity index (χ4n) is 2.52. The summed E-state index contributed by atoms with van der Waals surface area (Å²) in [4.78, 5) is 13.7. The molecule has 6 nitrogen and oxygen atoms in total. The van der Waals surface area contributed by atoms with Crippen LogP contribution in [0.15, 0.2) is 39.9 Å². The van der Waals surface area contributed by atoms with E-state index in [0.717, 1.165) is 29.0 Å². The van der Waals surface area contributed by atoms with E-state index in [1.807, 2.05) is 6.07 Å². The number of fused-ring (bicyclic) bond motifs is 1. The van der Waals surface area contributed by atoms with Gasteiger partial charge in [-0.25, -0.2) is 8.42 Å². The number of methoxy groups -OCH3 is 1. The first-order chi connectivity index (χ1) is 11.0. The Morgan fingerprint density at radius 2 is 2.22 bits per heavy atom. The predicted molar refractivity (Wildman–Crippen MR) is 89.5 cm³/mol. The Morgan fingerprint density at radius 1 is 1.39 bits per heavy atom. The molecule has 23 heavy (non-hydrogen) atoms. The van der Waals surface area contributed by atoms with Crippen LogP contribution in [0.25, 0.3) is 0 Å². The second-order valence-electron chi connectivity index (χ2n) is 5.11. The second-order valence-corrected chi connectivity index (χ2v) is 7.97. The highest BCUT2D eigenvalue weighted by atomic mass is 32.2. The van der Waals surface area contributed by atoms with Crippen LogP contribution in [-0.2, 0) is 26.0 Å². The summed E-state index contributed by atoms with van der Waals surface area (Å²) in [5.41, 5.74) is 2.20. The van der Waals surface area contributed by atoms with E-state index < -0.39 is 10.0 Å². The molecule has 3 rings (SSSR count). The SMILES string of the molecule is COCC(=O)N1CCc2ccc(NS(=O)(=O)c3cccs3)cc21. The minimum absolute atomic E-state index is 0.00455. The van der Waals surface area contributed by atoms with Crippen molar-refractivity contribution in [2.24, 2.45) is 0 Å². The van der Waals surface area contributed by atoms with Crippen molar-refractivity contribution in [3.05, 3.63) is 41.3 Å². The maximum Gasteiger partial charge on any atom is 0.271 e. The van der Waals surface area contributed by atoms with Crippen LogP contribution in [0.3, 0.4) is 0 Å². The average Bonchev–Trinajstić information content (AvgIpc) is 3.16. The topological polar surface area (TPSA) is 75.7 Å². The smallest absolute Gasteiger partial charge is 0.271 e. The quantitative estimate of drug-likeness (QED) is 0.894. The summed E-state index contributed by atoms with van der Waals surface area (Å²) < 4.78 is 32.3. The molecule has 0 unspecified atom stereocenters. The summed E-state index contributed by atoms with van der Waals surface area (Å²) in [5, 5.41) is 1.71. The molecule has 0 radical (unpaired) electrons. The van der Waals surface area contributed by atoms with Gasteiger partial charge in [0.25, 0.3) is 15.9 Å².